The molecular formula is C28H27N5O4S. The molecule has 0 radical (unpaired) electrons. The highest BCUT2D eigenvalue weighted by Gasteiger charge is 2.17. The van der Waals surface area contributed by atoms with Crippen molar-refractivity contribution in [2.75, 3.05) is 24.3 Å². The van der Waals surface area contributed by atoms with Crippen molar-refractivity contribution in [3.05, 3.63) is 102 Å². The lowest BCUT2D eigenvalue weighted by Gasteiger charge is -2.17. The maximum atomic E-state index is 13.3. The predicted octanol–water partition coefficient (Wildman–Crippen LogP) is 4.40. The second-order valence-electron chi connectivity index (χ2n) is 8.69. The van der Waals surface area contributed by atoms with Crippen molar-refractivity contribution < 1.29 is 17.9 Å². The number of primary sulfonamides is 1. The lowest BCUT2D eigenvalue weighted by Crippen LogP contribution is -2.15. The molecule has 0 aliphatic heterocycles. The molecule has 0 saturated carbocycles. The summed E-state index contributed by atoms with van der Waals surface area (Å²) in [6, 6.07) is 25.2. The van der Waals surface area contributed by atoms with Gasteiger partial charge in [0, 0.05) is 42.7 Å². The van der Waals surface area contributed by atoms with E-state index in [0.29, 0.717) is 39.4 Å². The molecule has 0 spiro atoms. The number of carbonyl (C=O) groups is 1. The fourth-order valence-corrected chi connectivity index (χ4v) is 4.56. The zero-order valence-corrected chi connectivity index (χ0v) is 21.6. The lowest BCUT2D eigenvalue weighted by molar-refractivity contribution is 0.102. The third kappa shape index (κ3) is 6.00. The third-order valence-corrected chi connectivity index (χ3v) is 6.72. The van der Waals surface area contributed by atoms with Gasteiger partial charge in [-0.15, -0.1) is 0 Å². The zero-order chi connectivity index (χ0) is 27.4. The molecule has 0 unspecified atom stereocenters. The molecule has 0 fully saturated rings. The van der Waals surface area contributed by atoms with Gasteiger partial charge in [-0.25, -0.2) is 13.6 Å². The number of nitrogens with zero attached hydrogens (tertiary/aromatic N) is 1. The normalized spacial score (nSPS) is 11.0. The van der Waals surface area contributed by atoms with Gasteiger partial charge in [-0.1, -0.05) is 42.5 Å². The number of nitrogens with one attached hydrogen (secondary N) is 2. The number of ether oxygens (including phenoxy) is 1. The second kappa shape index (κ2) is 10.8. The lowest BCUT2D eigenvalue weighted by atomic mass is 10.1. The molecule has 0 aliphatic carbocycles. The van der Waals surface area contributed by atoms with Gasteiger partial charge in [-0.2, -0.15) is 0 Å². The molecule has 194 valence electrons. The van der Waals surface area contributed by atoms with Crippen LogP contribution in [-0.2, 0) is 10.0 Å². The minimum absolute atomic E-state index is 0.0217. The molecule has 9 nitrogen and oxygen atoms in total. The van der Waals surface area contributed by atoms with Crippen molar-refractivity contribution in [2.45, 2.75) is 4.90 Å². The Hall–Kier alpha value is -4.67. The molecule has 0 heterocycles. The van der Waals surface area contributed by atoms with Gasteiger partial charge in [-0.3, -0.25) is 10.2 Å². The number of anilines is 2. The van der Waals surface area contributed by atoms with Crippen LogP contribution in [0.15, 0.2) is 95.9 Å². The van der Waals surface area contributed by atoms with Crippen molar-refractivity contribution in [1.82, 2.24) is 0 Å². The molecule has 1 amide bonds. The summed E-state index contributed by atoms with van der Waals surface area (Å²) < 4.78 is 30.0. The van der Waals surface area contributed by atoms with Gasteiger partial charge in [0.05, 0.1) is 10.5 Å². The first-order valence-corrected chi connectivity index (χ1v) is 13.0. The van der Waals surface area contributed by atoms with Crippen LogP contribution in [0.2, 0.25) is 0 Å². The van der Waals surface area contributed by atoms with E-state index in [1.54, 1.807) is 84.9 Å². The largest absolute Gasteiger partial charge is 0.456 e. The van der Waals surface area contributed by atoms with Gasteiger partial charge in [-0.05, 0) is 48.0 Å². The quantitative estimate of drug-likeness (QED) is 0.196. The van der Waals surface area contributed by atoms with E-state index in [9.17, 15) is 13.2 Å². The number of nitrogens with two attached hydrogens (primary N) is 2. The summed E-state index contributed by atoms with van der Waals surface area (Å²) in [5.74, 6) is 0.268. The van der Waals surface area contributed by atoms with E-state index in [-0.39, 0.29) is 10.7 Å². The summed E-state index contributed by atoms with van der Waals surface area (Å²) in [5, 5.41) is 15.9. The SMILES string of the molecule is CN(C)c1ccc(C(=O)Nc2ccc(-c3ccccc3S(N)(=O)=O)cc2)c(Oc2cccc(C(=N)N)c2)c1. The smallest absolute Gasteiger partial charge is 0.259 e. The van der Waals surface area contributed by atoms with E-state index in [0.717, 1.165) is 5.69 Å². The van der Waals surface area contributed by atoms with Gasteiger partial charge in [0.15, 0.2) is 0 Å². The van der Waals surface area contributed by atoms with Crippen molar-refractivity contribution in [1.29, 1.82) is 5.41 Å². The molecule has 38 heavy (non-hydrogen) atoms. The molecule has 0 bridgehead atoms. The second-order valence-corrected chi connectivity index (χ2v) is 10.2. The Morgan fingerprint density at radius 3 is 2.29 bits per heavy atom. The zero-order valence-electron chi connectivity index (χ0n) is 20.8. The van der Waals surface area contributed by atoms with Crippen molar-refractivity contribution in [2.24, 2.45) is 10.9 Å². The monoisotopic (exact) mass is 529 g/mol. The predicted molar refractivity (Wildman–Crippen MR) is 150 cm³/mol. The maximum absolute atomic E-state index is 13.3. The standard InChI is InChI=1S/C28H27N5O4S/c1-33(2)21-14-15-24(25(17-21)37-22-7-5-6-19(16-22)27(29)30)28(34)32-20-12-10-18(11-13-20)23-8-3-4-9-26(23)38(31,35)36/h3-17H,1-2H3,(H3,29,30)(H,32,34)(H2,31,35,36). The van der Waals surface area contributed by atoms with E-state index >= 15 is 0 Å². The first kappa shape index (κ1) is 26.4. The van der Waals surface area contributed by atoms with E-state index < -0.39 is 15.9 Å². The fraction of sp³-hybridized carbons (Fsp3) is 0.0714. The van der Waals surface area contributed by atoms with Gasteiger partial charge in [0.1, 0.15) is 17.3 Å². The Bertz CT molecular complexity index is 1620. The fourth-order valence-electron chi connectivity index (χ4n) is 3.80. The van der Waals surface area contributed by atoms with Gasteiger partial charge >= 0.3 is 0 Å². The number of nitrogen functional groups attached to an aromatic ring is 1. The third-order valence-electron chi connectivity index (χ3n) is 5.75. The minimum atomic E-state index is -3.90. The van der Waals surface area contributed by atoms with Crippen molar-refractivity contribution in [3.8, 4) is 22.6 Å². The van der Waals surface area contributed by atoms with Crippen LogP contribution in [0.4, 0.5) is 11.4 Å². The summed E-state index contributed by atoms with van der Waals surface area (Å²) >= 11 is 0. The Labute approximate surface area is 221 Å². The highest BCUT2D eigenvalue weighted by molar-refractivity contribution is 7.89. The number of rotatable bonds is 8. The Morgan fingerprint density at radius 2 is 1.63 bits per heavy atom. The van der Waals surface area contributed by atoms with E-state index in [4.69, 9.17) is 21.0 Å². The summed E-state index contributed by atoms with van der Waals surface area (Å²) in [7, 11) is -0.141. The number of hydrogen-bond acceptors (Lipinski definition) is 6. The molecular weight excluding hydrogens is 502 g/mol. The van der Waals surface area contributed by atoms with E-state index in [2.05, 4.69) is 5.32 Å². The summed E-state index contributed by atoms with van der Waals surface area (Å²) in [5.41, 5.74) is 8.84. The van der Waals surface area contributed by atoms with Gasteiger partial charge < -0.3 is 20.7 Å². The summed E-state index contributed by atoms with van der Waals surface area (Å²) in [6.45, 7) is 0. The van der Waals surface area contributed by atoms with Crippen LogP contribution in [-0.4, -0.2) is 34.3 Å². The molecule has 4 aromatic rings. The van der Waals surface area contributed by atoms with Crippen molar-refractivity contribution in [3.63, 3.8) is 0 Å². The molecule has 0 atom stereocenters. The summed E-state index contributed by atoms with van der Waals surface area (Å²) in [6.07, 6.45) is 0. The minimum Gasteiger partial charge on any atom is -0.456 e. The Morgan fingerprint density at radius 1 is 0.921 bits per heavy atom. The van der Waals surface area contributed by atoms with Crippen LogP contribution in [0, 0.1) is 5.41 Å². The van der Waals surface area contributed by atoms with Crippen LogP contribution in [0.25, 0.3) is 11.1 Å². The topological polar surface area (TPSA) is 152 Å². The van der Waals surface area contributed by atoms with Crippen LogP contribution in [0.5, 0.6) is 11.5 Å². The molecule has 6 N–H and O–H groups in total. The highest BCUT2D eigenvalue weighted by Crippen LogP contribution is 2.32. The molecule has 4 rings (SSSR count). The summed E-state index contributed by atoms with van der Waals surface area (Å²) in [4.78, 5) is 15.2. The Kier molecular flexibility index (Phi) is 7.47. The van der Waals surface area contributed by atoms with E-state index in [1.807, 2.05) is 19.0 Å². The number of sulfonamides is 1. The average molecular weight is 530 g/mol. The Balaban J connectivity index is 1.61. The first-order valence-electron chi connectivity index (χ1n) is 11.5. The van der Waals surface area contributed by atoms with Gasteiger partial charge in [0.25, 0.3) is 5.91 Å². The van der Waals surface area contributed by atoms with Crippen LogP contribution >= 0.6 is 0 Å². The van der Waals surface area contributed by atoms with Gasteiger partial charge in [0.2, 0.25) is 10.0 Å². The highest BCUT2D eigenvalue weighted by atomic mass is 32.2. The number of amidine groups is 1. The molecule has 0 saturated heterocycles. The first-order chi connectivity index (χ1) is 18.0. The average Bonchev–Trinajstić information content (AvgIpc) is 2.88. The van der Waals surface area contributed by atoms with Crippen molar-refractivity contribution >= 4 is 33.1 Å². The number of amides is 1. The van der Waals surface area contributed by atoms with E-state index in [1.165, 1.54) is 6.07 Å². The van der Waals surface area contributed by atoms with Crippen LogP contribution in [0.1, 0.15) is 15.9 Å². The molecule has 0 aliphatic rings. The number of benzene rings is 4. The van der Waals surface area contributed by atoms with Crippen LogP contribution < -0.4 is 25.8 Å². The molecule has 4 aromatic carbocycles. The number of carbonyl (C=O) groups excluding carboxylic acids is 1. The molecule has 0 aromatic heterocycles. The van der Waals surface area contributed by atoms with Crippen LogP contribution in [0.3, 0.4) is 0 Å². The maximum Gasteiger partial charge on any atom is 0.259 e. The number of hydrogen-bond donors (Lipinski definition) is 4. The molecule has 10 heteroatoms.